The first-order valence-corrected chi connectivity index (χ1v) is 12.3. The number of hydrogen-bond acceptors (Lipinski definition) is 6. The molecule has 1 aliphatic carbocycles. The first-order chi connectivity index (χ1) is 17.0. The van der Waals surface area contributed by atoms with Crippen molar-refractivity contribution in [3.8, 4) is 17.2 Å². The fraction of sp³-hybridized carbons (Fsp3) is 0.250. The Balaban J connectivity index is 1.63. The number of ether oxygens (including phenoxy) is 3. The van der Waals surface area contributed by atoms with Crippen LogP contribution in [0.2, 0.25) is 0 Å². The second-order valence-electron chi connectivity index (χ2n) is 8.67. The minimum atomic E-state index is -0.367. The van der Waals surface area contributed by atoms with Gasteiger partial charge in [0.05, 0.1) is 38.7 Å². The minimum absolute atomic E-state index is 0.0589. The Kier molecular flexibility index (Phi) is 6.43. The Morgan fingerprint density at radius 2 is 1.60 bits per heavy atom. The molecule has 2 aliphatic rings. The summed E-state index contributed by atoms with van der Waals surface area (Å²) in [6.07, 6.45) is 1.14. The van der Waals surface area contributed by atoms with Crippen LogP contribution in [0.25, 0.3) is 0 Å². The van der Waals surface area contributed by atoms with Gasteiger partial charge in [0.15, 0.2) is 17.3 Å². The third-order valence-electron chi connectivity index (χ3n) is 6.69. The van der Waals surface area contributed by atoms with Crippen molar-refractivity contribution in [2.24, 2.45) is 0 Å². The number of ketones is 1. The van der Waals surface area contributed by atoms with Crippen molar-refractivity contribution >= 4 is 33.1 Å². The van der Waals surface area contributed by atoms with E-state index in [-0.39, 0.29) is 17.7 Å². The SMILES string of the molecule is COc1cccc([C@@H]2CC(=O)C3=C(C2)Nc2ccccc2N[C@H]3c2cc(OC)c(OC)cc2Br)c1. The number of carbonyl (C=O) groups excluding carboxylic acids is 1. The summed E-state index contributed by atoms with van der Waals surface area (Å²) >= 11 is 3.71. The molecule has 5 rings (SSSR count). The van der Waals surface area contributed by atoms with Gasteiger partial charge >= 0.3 is 0 Å². The second-order valence-corrected chi connectivity index (χ2v) is 9.53. The van der Waals surface area contributed by atoms with E-state index in [2.05, 4.69) is 32.6 Å². The van der Waals surface area contributed by atoms with Crippen LogP contribution in [-0.2, 0) is 4.79 Å². The number of rotatable bonds is 5. The van der Waals surface area contributed by atoms with Gasteiger partial charge in [0.2, 0.25) is 0 Å². The van der Waals surface area contributed by atoms with Gasteiger partial charge in [0.1, 0.15) is 5.75 Å². The fourth-order valence-electron chi connectivity index (χ4n) is 4.95. The van der Waals surface area contributed by atoms with E-state index in [1.54, 1.807) is 21.3 Å². The van der Waals surface area contributed by atoms with Gasteiger partial charge in [-0.2, -0.15) is 0 Å². The molecule has 2 N–H and O–H groups in total. The van der Waals surface area contributed by atoms with Crippen LogP contribution in [0.3, 0.4) is 0 Å². The van der Waals surface area contributed by atoms with E-state index in [0.717, 1.165) is 44.0 Å². The first kappa shape index (κ1) is 23.3. The second kappa shape index (κ2) is 9.66. The molecule has 3 aromatic carbocycles. The van der Waals surface area contributed by atoms with Crippen molar-refractivity contribution in [3.63, 3.8) is 0 Å². The van der Waals surface area contributed by atoms with Crippen LogP contribution < -0.4 is 24.8 Å². The van der Waals surface area contributed by atoms with Crippen LogP contribution in [-0.4, -0.2) is 27.1 Å². The van der Waals surface area contributed by atoms with Crippen LogP contribution in [0, 0.1) is 0 Å². The molecule has 0 radical (unpaired) electrons. The standard InChI is InChI=1S/C28H27BrN2O4/c1-33-18-8-6-7-16(11-18)17-12-23-27(24(32)13-17)28(31-22-10-5-4-9-21(22)30-23)19-14-25(34-2)26(35-3)15-20(19)29/h4-11,14-15,17,28,30-31H,12-13H2,1-3H3/t17-,28-/m0/s1. The average molecular weight is 535 g/mol. The maximum absolute atomic E-state index is 13.8. The third-order valence-corrected chi connectivity index (χ3v) is 7.37. The largest absolute Gasteiger partial charge is 0.497 e. The Morgan fingerprint density at radius 3 is 2.34 bits per heavy atom. The van der Waals surface area contributed by atoms with Gasteiger partial charge in [-0.1, -0.05) is 40.2 Å². The topological polar surface area (TPSA) is 68.8 Å². The normalized spacial score (nSPS) is 19.0. The lowest BCUT2D eigenvalue weighted by atomic mass is 9.78. The van der Waals surface area contributed by atoms with Gasteiger partial charge in [0, 0.05) is 22.2 Å². The summed E-state index contributed by atoms with van der Waals surface area (Å²) in [6.45, 7) is 0. The van der Waals surface area contributed by atoms with Gasteiger partial charge in [0.25, 0.3) is 0 Å². The summed E-state index contributed by atoms with van der Waals surface area (Å²) < 4.78 is 17.3. The lowest BCUT2D eigenvalue weighted by Gasteiger charge is -2.30. The van der Waals surface area contributed by atoms with Crippen molar-refractivity contribution < 1.29 is 19.0 Å². The Bertz CT molecular complexity index is 1320. The molecule has 1 aliphatic heterocycles. The Labute approximate surface area is 213 Å². The van der Waals surface area contributed by atoms with Crippen molar-refractivity contribution in [3.05, 3.63) is 87.5 Å². The summed E-state index contributed by atoms with van der Waals surface area (Å²) in [4.78, 5) is 13.8. The predicted octanol–water partition coefficient (Wildman–Crippen LogP) is 6.45. The molecule has 0 saturated heterocycles. The zero-order valence-electron chi connectivity index (χ0n) is 19.9. The highest BCUT2D eigenvalue weighted by molar-refractivity contribution is 9.10. The number of nitrogens with one attached hydrogen (secondary N) is 2. The molecule has 0 aromatic heterocycles. The summed E-state index contributed by atoms with van der Waals surface area (Å²) in [6, 6.07) is 19.5. The van der Waals surface area contributed by atoms with Crippen molar-refractivity contribution in [2.45, 2.75) is 24.8 Å². The molecule has 0 spiro atoms. The number of carbonyl (C=O) groups is 1. The number of anilines is 2. The number of methoxy groups -OCH3 is 3. The van der Waals surface area contributed by atoms with E-state index in [0.29, 0.717) is 24.3 Å². The summed E-state index contributed by atoms with van der Waals surface area (Å²) in [7, 11) is 4.88. The maximum Gasteiger partial charge on any atom is 0.163 e. The number of hydrogen-bond donors (Lipinski definition) is 2. The molecule has 0 unspecified atom stereocenters. The summed E-state index contributed by atoms with van der Waals surface area (Å²) in [5, 5.41) is 7.20. The van der Waals surface area contributed by atoms with E-state index < -0.39 is 0 Å². The number of halogens is 1. The van der Waals surface area contributed by atoms with Crippen molar-refractivity contribution in [1.82, 2.24) is 0 Å². The van der Waals surface area contributed by atoms with Gasteiger partial charge in [-0.15, -0.1) is 0 Å². The van der Waals surface area contributed by atoms with Gasteiger partial charge in [-0.25, -0.2) is 0 Å². The summed E-state index contributed by atoms with van der Waals surface area (Å²) in [5.74, 6) is 2.19. The maximum atomic E-state index is 13.8. The van der Waals surface area contributed by atoms with Crippen molar-refractivity contribution in [2.75, 3.05) is 32.0 Å². The Hall–Kier alpha value is -3.45. The molecular formula is C28H27BrN2O4. The van der Waals surface area contributed by atoms with E-state index in [1.165, 1.54) is 0 Å². The fourth-order valence-corrected chi connectivity index (χ4v) is 5.50. The highest BCUT2D eigenvalue weighted by Gasteiger charge is 2.37. The lowest BCUT2D eigenvalue weighted by Crippen LogP contribution is -2.27. The van der Waals surface area contributed by atoms with Crippen LogP contribution >= 0.6 is 15.9 Å². The Morgan fingerprint density at radius 1 is 0.857 bits per heavy atom. The predicted molar refractivity (Wildman–Crippen MR) is 141 cm³/mol. The van der Waals surface area contributed by atoms with Gasteiger partial charge in [-0.3, -0.25) is 4.79 Å². The monoisotopic (exact) mass is 534 g/mol. The molecular weight excluding hydrogens is 508 g/mol. The number of para-hydroxylation sites is 2. The molecule has 7 heteroatoms. The van der Waals surface area contributed by atoms with Crippen LogP contribution in [0.1, 0.15) is 35.9 Å². The summed E-state index contributed by atoms with van der Waals surface area (Å²) in [5.41, 5.74) is 5.55. The smallest absolute Gasteiger partial charge is 0.163 e. The van der Waals surface area contributed by atoms with E-state index >= 15 is 0 Å². The van der Waals surface area contributed by atoms with Crippen LogP contribution in [0.15, 0.2) is 76.4 Å². The van der Waals surface area contributed by atoms with E-state index in [4.69, 9.17) is 14.2 Å². The molecule has 3 aromatic rings. The number of Topliss-reactive ketones (excluding diaryl/α,β-unsaturated/α-hetero) is 1. The number of fused-ring (bicyclic) bond motifs is 1. The number of benzene rings is 3. The molecule has 1 heterocycles. The molecule has 180 valence electrons. The zero-order valence-corrected chi connectivity index (χ0v) is 21.4. The molecule has 0 fully saturated rings. The molecule has 6 nitrogen and oxygen atoms in total. The molecule has 0 amide bonds. The highest BCUT2D eigenvalue weighted by atomic mass is 79.9. The third kappa shape index (κ3) is 4.36. The van der Waals surface area contributed by atoms with Gasteiger partial charge < -0.3 is 24.8 Å². The van der Waals surface area contributed by atoms with E-state index in [9.17, 15) is 4.79 Å². The molecule has 0 saturated carbocycles. The van der Waals surface area contributed by atoms with E-state index in [1.807, 2.05) is 54.6 Å². The quantitative estimate of drug-likeness (QED) is 0.391. The van der Waals surface area contributed by atoms with Gasteiger partial charge in [-0.05, 0) is 59.9 Å². The average Bonchev–Trinajstić information content (AvgIpc) is 3.05. The molecule has 2 atom stereocenters. The lowest BCUT2D eigenvalue weighted by molar-refractivity contribution is -0.116. The molecule has 0 bridgehead atoms. The molecule has 35 heavy (non-hydrogen) atoms. The number of allylic oxidation sites excluding steroid dienone is 1. The van der Waals surface area contributed by atoms with Crippen LogP contribution in [0.5, 0.6) is 17.2 Å². The zero-order chi connectivity index (χ0) is 24.5. The highest BCUT2D eigenvalue weighted by Crippen LogP contribution is 2.47. The first-order valence-electron chi connectivity index (χ1n) is 11.5. The van der Waals surface area contributed by atoms with Crippen molar-refractivity contribution in [1.29, 1.82) is 0 Å². The van der Waals surface area contributed by atoms with Crippen LogP contribution in [0.4, 0.5) is 11.4 Å². The minimum Gasteiger partial charge on any atom is -0.497 e.